The van der Waals surface area contributed by atoms with Crippen LogP contribution in [0.3, 0.4) is 0 Å². The molecule has 0 aromatic heterocycles. The first-order valence-corrected chi connectivity index (χ1v) is 4.14. The number of rotatable bonds is 6. The van der Waals surface area contributed by atoms with Gasteiger partial charge in [-0.2, -0.15) is 0 Å². The van der Waals surface area contributed by atoms with E-state index in [0.29, 0.717) is 6.42 Å². The number of nitrogens with one attached hydrogen (secondary N) is 1. The molecule has 0 radical (unpaired) electrons. The van der Waals surface area contributed by atoms with Crippen molar-refractivity contribution in [1.82, 2.24) is 5.32 Å². The first kappa shape index (κ1) is 10.4. The van der Waals surface area contributed by atoms with Crippen LogP contribution in [0.4, 0.5) is 4.39 Å². The largest absolute Gasteiger partial charge is 0.329 e. The topological polar surface area (TPSA) is 29.1 Å². The van der Waals surface area contributed by atoms with Crippen molar-refractivity contribution >= 4 is 5.91 Å². The summed E-state index contributed by atoms with van der Waals surface area (Å²) < 4.78 is 11.5. The maximum Gasteiger partial charge on any atom is 0.221 e. The Morgan fingerprint density at radius 3 is 2.64 bits per heavy atom. The number of halogens is 1. The van der Waals surface area contributed by atoms with Crippen molar-refractivity contribution in [3.05, 3.63) is 0 Å². The summed E-state index contributed by atoms with van der Waals surface area (Å²) in [6, 6.07) is 0. The highest BCUT2D eigenvalue weighted by molar-refractivity contribution is 5.75. The quantitative estimate of drug-likeness (QED) is 0.468. The van der Waals surface area contributed by atoms with Crippen LogP contribution in [0, 0.1) is 0 Å². The number of carbonyl (C=O) groups is 1. The van der Waals surface area contributed by atoms with Gasteiger partial charge in [-0.3, -0.25) is 4.79 Å². The summed E-state index contributed by atoms with van der Waals surface area (Å²) >= 11 is 0. The fourth-order valence-corrected chi connectivity index (χ4v) is 0.875. The normalized spacial score (nSPS) is 9.64. The third-order valence-electron chi connectivity index (χ3n) is 1.52. The zero-order valence-corrected chi connectivity index (χ0v) is 7.03. The third-order valence-corrected chi connectivity index (χ3v) is 1.52. The summed E-state index contributed by atoms with van der Waals surface area (Å²) in [7, 11) is 0. The zero-order valence-electron chi connectivity index (χ0n) is 7.03. The van der Waals surface area contributed by atoms with Crippen LogP contribution in [0.1, 0.15) is 39.0 Å². The second-order valence-corrected chi connectivity index (χ2v) is 2.54. The molecule has 0 rings (SSSR count). The average Bonchev–Trinajstić information content (AvgIpc) is 1.99. The molecule has 0 fully saturated rings. The molecule has 3 heteroatoms. The zero-order chi connectivity index (χ0) is 8.53. The van der Waals surface area contributed by atoms with E-state index in [9.17, 15) is 9.18 Å². The molecule has 1 amide bonds. The van der Waals surface area contributed by atoms with Crippen LogP contribution in [-0.4, -0.2) is 12.7 Å². The maximum absolute atomic E-state index is 11.5. The van der Waals surface area contributed by atoms with E-state index in [4.69, 9.17) is 0 Å². The Morgan fingerprint density at radius 1 is 1.36 bits per heavy atom. The average molecular weight is 161 g/mol. The number of alkyl halides is 1. The Kier molecular flexibility index (Phi) is 7.10. The highest BCUT2D eigenvalue weighted by atomic mass is 19.1. The Hall–Kier alpha value is -0.600. The summed E-state index contributed by atoms with van der Waals surface area (Å²) in [6.07, 6.45) is 4.72. The van der Waals surface area contributed by atoms with Gasteiger partial charge in [0.25, 0.3) is 0 Å². The van der Waals surface area contributed by atoms with Crippen LogP contribution < -0.4 is 5.32 Å². The van der Waals surface area contributed by atoms with Crippen molar-refractivity contribution in [3.63, 3.8) is 0 Å². The molecular formula is C8H16FNO. The number of hydrogen-bond donors (Lipinski definition) is 1. The van der Waals surface area contributed by atoms with Gasteiger partial charge in [-0.15, -0.1) is 0 Å². The summed E-state index contributed by atoms with van der Waals surface area (Å²) in [5.41, 5.74) is 0. The summed E-state index contributed by atoms with van der Waals surface area (Å²) in [5, 5.41) is 2.12. The van der Waals surface area contributed by atoms with Gasteiger partial charge in [0.1, 0.15) is 0 Å². The molecule has 11 heavy (non-hydrogen) atoms. The lowest BCUT2D eigenvalue weighted by atomic mass is 10.1. The lowest BCUT2D eigenvalue weighted by Crippen LogP contribution is -2.21. The van der Waals surface area contributed by atoms with E-state index >= 15 is 0 Å². The van der Waals surface area contributed by atoms with Gasteiger partial charge in [0.05, 0.1) is 0 Å². The minimum atomic E-state index is -0.743. The monoisotopic (exact) mass is 161 g/mol. The summed E-state index contributed by atoms with van der Waals surface area (Å²) in [5.74, 6) is -0.177. The van der Waals surface area contributed by atoms with Gasteiger partial charge >= 0.3 is 0 Å². The van der Waals surface area contributed by atoms with Crippen molar-refractivity contribution in [3.8, 4) is 0 Å². The first-order valence-electron chi connectivity index (χ1n) is 4.14. The van der Waals surface area contributed by atoms with Gasteiger partial charge in [0.2, 0.25) is 5.91 Å². The van der Waals surface area contributed by atoms with E-state index in [1.165, 1.54) is 0 Å². The molecule has 0 bridgehead atoms. The fourth-order valence-electron chi connectivity index (χ4n) is 0.875. The molecule has 2 nitrogen and oxygen atoms in total. The standard InChI is InChI=1S/C8H16FNO/c1-2-3-4-5-6-8(11)10-7-9/h2-7H2,1H3,(H,10,11). The van der Waals surface area contributed by atoms with Crippen LogP contribution in [0.15, 0.2) is 0 Å². The van der Waals surface area contributed by atoms with E-state index < -0.39 is 6.80 Å². The van der Waals surface area contributed by atoms with E-state index in [2.05, 4.69) is 12.2 Å². The molecule has 0 aliphatic carbocycles. The molecule has 0 atom stereocenters. The Labute approximate surface area is 67.2 Å². The number of carbonyl (C=O) groups excluding carboxylic acids is 1. The van der Waals surface area contributed by atoms with Crippen molar-refractivity contribution in [1.29, 1.82) is 0 Å². The van der Waals surface area contributed by atoms with Gasteiger partial charge in [-0.05, 0) is 6.42 Å². The van der Waals surface area contributed by atoms with Crippen molar-refractivity contribution in [2.24, 2.45) is 0 Å². The molecule has 0 heterocycles. The Morgan fingerprint density at radius 2 is 2.09 bits per heavy atom. The highest BCUT2D eigenvalue weighted by Crippen LogP contribution is 2.01. The Bertz CT molecular complexity index is 106. The number of amides is 1. The van der Waals surface area contributed by atoms with E-state index in [1.807, 2.05) is 0 Å². The summed E-state index contributed by atoms with van der Waals surface area (Å²) in [4.78, 5) is 10.7. The van der Waals surface area contributed by atoms with Gasteiger partial charge in [0, 0.05) is 6.42 Å². The lowest BCUT2D eigenvalue weighted by Gasteiger charge is -1.99. The Balaban J connectivity index is 3.04. The van der Waals surface area contributed by atoms with Crippen LogP contribution in [0.25, 0.3) is 0 Å². The van der Waals surface area contributed by atoms with Gasteiger partial charge in [-0.25, -0.2) is 4.39 Å². The lowest BCUT2D eigenvalue weighted by molar-refractivity contribution is -0.121. The second kappa shape index (κ2) is 7.51. The fraction of sp³-hybridized carbons (Fsp3) is 0.875. The first-order chi connectivity index (χ1) is 5.31. The van der Waals surface area contributed by atoms with Gasteiger partial charge in [-0.1, -0.05) is 26.2 Å². The molecule has 0 spiro atoms. The maximum atomic E-state index is 11.5. The molecule has 0 aromatic carbocycles. The van der Waals surface area contributed by atoms with E-state index in [0.717, 1.165) is 25.7 Å². The third kappa shape index (κ3) is 7.30. The van der Waals surface area contributed by atoms with E-state index in [-0.39, 0.29) is 5.91 Å². The highest BCUT2D eigenvalue weighted by Gasteiger charge is 1.97. The predicted octanol–water partition coefficient (Wildman–Crippen LogP) is 2.00. The van der Waals surface area contributed by atoms with Crippen molar-refractivity contribution in [2.75, 3.05) is 6.80 Å². The molecule has 0 aliphatic heterocycles. The minimum Gasteiger partial charge on any atom is -0.329 e. The predicted molar refractivity (Wildman–Crippen MR) is 42.9 cm³/mol. The molecule has 0 aliphatic rings. The van der Waals surface area contributed by atoms with E-state index in [1.54, 1.807) is 0 Å². The smallest absolute Gasteiger partial charge is 0.221 e. The molecular weight excluding hydrogens is 145 g/mol. The molecule has 0 unspecified atom stereocenters. The van der Waals surface area contributed by atoms with Crippen LogP contribution in [-0.2, 0) is 4.79 Å². The summed E-state index contributed by atoms with van der Waals surface area (Å²) in [6.45, 7) is 1.37. The molecule has 66 valence electrons. The van der Waals surface area contributed by atoms with Gasteiger partial charge < -0.3 is 5.32 Å². The number of unbranched alkanes of at least 4 members (excludes halogenated alkanes) is 3. The van der Waals surface area contributed by atoms with Crippen molar-refractivity contribution < 1.29 is 9.18 Å². The van der Waals surface area contributed by atoms with Crippen LogP contribution in [0.2, 0.25) is 0 Å². The van der Waals surface area contributed by atoms with Gasteiger partial charge in [0.15, 0.2) is 6.80 Å². The second-order valence-electron chi connectivity index (χ2n) is 2.54. The number of hydrogen-bond acceptors (Lipinski definition) is 1. The van der Waals surface area contributed by atoms with Crippen molar-refractivity contribution in [2.45, 2.75) is 39.0 Å². The molecule has 0 saturated heterocycles. The molecule has 0 aromatic rings. The molecule has 1 N–H and O–H groups in total. The SMILES string of the molecule is CCCCCCC(=O)NCF. The van der Waals surface area contributed by atoms with Crippen LogP contribution in [0.5, 0.6) is 0 Å². The van der Waals surface area contributed by atoms with Crippen LogP contribution >= 0.6 is 0 Å². The molecule has 0 saturated carbocycles. The minimum absolute atomic E-state index is 0.177.